The lowest BCUT2D eigenvalue weighted by atomic mass is 10.1. The van der Waals surface area contributed by atoms with Crippen molar-refractivity contribution in [3.05, 3.63) is 29.3 Å². The van der Waals surface area contributed by atoms with Gasteiger partial charge in [0.05, 0.1) is 16.1 Å². The van der Waals surface area contributed by atoms with Crippen LogP contribution in [0.4, 0.5) is 0 Å². The largest absolute Gasteiger partial charge is 0.458 e. The number of amides is 1. The van der Waals surface area contributed by atoms with Crippen LogP contribution in [0.2, 0.25) is 0 Å². The number of aromatic nitrogens is 1. The Kier molecular flexibility index (Phi) is 4.22. The van der Waals surface area contributed by atoms with Crippen LogP contribution in [0, 0.1) is 5.92 Å². The topological polar surface area (TPSA) is 59.5 Å². The molecule has 126 valence electrons. The summed E-state index contributed by atoms with van der Waals surface area (Å²) in [6, 6.07) is 8.21. The Bertz CT molecular complexity index is 733. The fraction of sp³-hybridized carbons (Fsp3) is 0.500. The summed E-state index contributed by atoms with van der Waals surface area (Å²) in [5.74, 6) is -0.501. The number of carbonyl (C=O) groups is 2. The van der Waals surface area contributed by atoms with E-state index >= 15 is 0 Å². The van der Waals surface area contributed by atoms with E-state index in [1.807, 2.05) is 29.2 Å². The van der Waals surface area contributed by atoms with E-state index in [0.29, 0.717) is 12.6 Å². The monoisotopic (exact) mass is 344 g/mol. The van der Waals surface area contributed by atoms with Crippen molar-refractivity contribution in [1.82, 2.24) is 9.88 Å². The van der Waals surface area contributed by atoms with Gasteiger partial charge in [-0.25, -0.2) is 4.98 Å². The molecule has 2 aromatic rings. The van der Waals surface area contributed by atoms with Gasteiger partial charge < -0.3 is 9.64 Å². The smallest absolute Gasteiger partial charge is 0.311 e. The van der Waals surface area contributed by atoms with E-state index in [1.165, 1.54) is 24.2 Å². The first kappa shape index (κ1) is 15.6. The first-order chi connectivity index (χ1) is 11.7. The summed E-state index contributed by atoms with van der Waals surface area (Å²) in [4.78, 5) is 30.9. The van der Waals surface area contributed by atoms with E-state index in [2.05, 4.69) is 4.98 Å². The molecule has 2 fully saturated rings. The SMILES string of the molecule is O=C(OCc1nc2ccccc2s1)C1CC(=O)N(C2CCCC2)C1. The molecular formula is C18H20N2O3S. The maximum absolute atomic E-state index is 12.3. The van der Waals surface area contributed by atoms with E-state index in [1.54, 1.807) is 0 Å². The highest BCUT2D eigenvalue weighted by Gasteiger charge is 2.39. The fourth-order valence-corrected chi connectivity index (χ4v) is 4.57. The van der Waals surface area contributed by atoms with Crippen LogP contribution in [0.25, 0.3) is 10.2 Å². The predicted octanol–water partition coefficient (Wildman–Crippen LogP) is 3.13. The minimum atomic E-state index is -0.326. The van der Waals surface area contributed by atoms with E-state index < -0.39 is 0 Å². The van der Waals surface area contributed by atoms with Crippen LogP contribution in [0.15, 0.2) is 24.3 Å². The number of nitrogens with zero attached hydrogens (tertiary/aromatic N) is 2. The summed E-state index contributed by atoms with van der Waals surface area (Å²) in [7, 11) is 0. The van der Waals surface area contributed by atoms with Gasteiger partial charge >= 0.3 is 5.97 Å². The Morgan fingerprint density at radius 3 is 2.88 bits per heavy atom. The van der Waals surface area contributed by atoms with Crippen molar-refractivity contribution in [2.24, 2.45) is 5.92 Å². The molecule has 0 radical (unpaired) electrons. The maximum Gasteiger partial charge on any atom is 0.311 e. The van der Waals surface area contributed by atoms with Crippen molar-refractivity contribution < 1.29 is 14.3 Å². The highest BCUT2D eigenvalue weighted by molar-refractivity contribution is 7.18. The van der Waals surface area contributed by atoms with Crippen molar-refractivity contribution >= 4 is 33.4 Å². The van der Waals surface area contributed by atoms with Crippen molar-refractivity contribution in [3.8, 4) is 0 Å². The van der Waals surface area contributed by atoms with Crippen molar-refractivity contribution in [1.29, 1.82) is 0 Å². The molecule has 1 amide bonds. The van der Waals surface area contributed by atoms with E-state index in [0.717, 1.165) is 28.1 Å². The Balaban J connectivity index is 1.35. The lowest BCUT2D eigenvalue weighted by Crippen LogP contribution is -2.35. The molecule has 1 atom stereocenters. The summed E-state index contributed by atoms with van der Waals surface area (Å²) in [5, 5.41) is 0.793. The predicted molar refractivity (Wildman–Crippen MR) is 91.5 cm³/mol. The van der Waals surface area contributed by atoms with Crippen LogP contribution in [-0.4, -0.2) is 34.3 Å². The van der Waals surface area contributed by atoms with E-state index in [-0.39, 0.29) is 30.8 Å². The molecule has 1 unspecified atom stereocenters. The van der Waals surface area contributed by atoms with Crippen LogP contribution in [-0.2, 0) is 20.9 Å². The zero-order valence-corrected chi connectivity index (χ0v) is 14.3. The van der Waals surface area contributed by atoms with Crippen molar-refractivity contribution in [2.75, 3.05) is 6.54 Å². The van der Waals surface area contributed by atoms with Crippen molar-refractivity contribution in [2.45, 2.75) is 44.8 Å². The molecule has 1 aromatic carbocycles. The zero-order chi connectivity index (χ0) is 16.5. The zero-order valence-electron chi connectivity index (χ0n) is 13.4. The summed E-state index contributed by atoms with van der Waals surface area (Å²) in [6.45, 7) is 0.703. The molecule has 2 heterocycles. The molecule has 0 N–H and O–H groups in total. The summed E-state index contributed by atoms with van der Waals surface area (Å²) in [5.41, 5.74) is 0.928. The van der Waals surface area contributed by atoms with Gasteiger partial charge in [0.2, 0.25) is 5.91 Å². The van der Waals surface area contributed by atoms with Gasteiger partial charge in [0.25, 0.3) is 0 Å². The number of ether oxygens (including phenoxy) is 1. The van der Waals surface area contributed by atoms with Crippen LogP contribution in [0.3, 0.4) is 0 Å². The van der Waals surface area contributed by atoms with Crippen LogP contribution in [0.5, 0.6) is 0 Å². The molecule has 2 aliphatic rings. The van der Waals surface area contributed by atoms with E-state index in [4.69, 9.17) is 4.74 Å². The lowest BCUT2D eigenvalue weighted by molar-refractivity contribution is -0.149. The number of esters is 1. The first-order valence-corrected chi connectivity index (χ1v) is 9.33. The highest BCUT2D eigenvalue weighted by atomic mass is 32.1. The molecule has 6 heteroatoms. The first-order valence-electron chi connectivity index (χ1n) is 8.51. The molecule has 1 saturated heterocycles. The number of hydrogen-bond acceptors (Lipinski definition) is 5. The van der Waals surface area contributed by atoms with Crippen LogP contribution in [0.1, 0.15) is 37.1 Å². The molecule has 24 heavy (non-hydrogen) atoms. The van der Waals surface area contributed by atoms with Gasteiger partial charge in [0, 0.05) is 19.0 Å². The quantitative estimate of drug-likeness (QED) is 0.800. The number of fused-ring (bicyclic) bond motifs is 1. The molecule has 0 spiro atoms. The second kappa shape index (κ2) is 6.51. The minimum Gasteiger partial charge on any atom is -0.458 e. The Morgan fingerprint density at radius 2 is 2.08 bits per heavy atom. The standard InChI is InChI=1S/C18H20N2O3S/c21-17-9-12(10-20(17)13-5-1-2-6-13)18(22)23-11-16-19-14-7-3-4-8-15(14)24-16/h3-4,7-8,12-13H,1-2,5-6,9-11H2. The van der Waals surface area contributed by atoms with Gasteiger partial charge in [-0.15, -0.1) is 11.3 Å². The van der Waals surface area contributed by atoms with Crippen molar-refractivity contribution in [3.63, 3.8) is 0 Å². The maximum atomic E-state index is 12.3. The molecule has 1 saturated carbocycles. The van der Waals surface area contributed by atoms with Gasteiger partial charge in [-0.05, 0) is 25.0 Å². The average Bonchev–Trinajstić information content (AvgIpc) is 3.30. The number of likely N-dealkylation sites (tertiary alicyclic amines) is 1. The highest BCUT2D eigenvalue weighted by Crippen LogP contribution is 2.30. The Labute approximate surface area is 144 Å². The third-order valence-electron chi connectivity index (χ3n) is 4.93. The molecule has 4 rings (SSSR count). The van der Waals surface area contributed by atoms with Crippen LogP contribution < -0.4 is 0 Å². The Morgan fingerprint density at radius 1 is 1.29 bits per heavy atom. The second-order valence-electron chi connectivity index (χ2n) is 6.57. The number of rotatable bonds is 4. The molecule has 1 aliphatic carbocycles. The molecule has 5 nitrogen and oxygen atoms in total. The fourth-order valence-electron chi connectivity index (χ4n) is 3.69. The van der Waals surface area contributed by atoms with Gasteiger partial charge in [0.15, 0.2) is 0 Å². The second-order valence-corrected chi connectivity index (χ2v) is 7.68. The summed E-state index contributed by atoms with van der Waals surface area (Å²) in [6.07, 6.45) is 4.79. The Hall–Kier alpha value is -1.95. The number of hydrogen-bond donors (Lipinski definition) is 0. The van der Waals surface area contributed by atoms with Crippen LogP contribution >= 0.6 is 11.3 Å². The van der Waals surface area contributed by atoms with Gasteiger partial charge in [0.1, 0.15) is 11.6 Å². The number of thiazole rings is 1. The van der Waals surface area contributed by atoms with E-state index in [9.17, 15) is 9.59 Å². The number of carbonyl (C=O) groups excluding carboxylic acids is 2. The number of para-hydroxylation sites is 1. The summed E-state index contributed by atoms with van der Waals surface area (Å²) >= 11 is 1.54. The molecular weight excluding hydrogens is 324 g/mol. The van der Waals surface area contributed by atoms with Gasteiger partial charge in [-0.3, -0.25) is 9.59 Å². The molecule has 0 bridgehead atoms. The lowest BCUT2D eigenvalue weighted by Gasteiger charge is -2.23. The number of benzene rings is 1. The average molecular weight is 344 g/mol. The molecule has 1 aliphatic heterocycles. The van der Waals surface area contributed by atoms with Gasteiger partial charge in [-0.1, -0.05) is 25.0 Å². The van der Waals surface area contributed by atoms with Gasteiger partial charge in [-0.2, -0.15) is 0 Å². The third-order valence-corrected chi connectivity index (χ3v) is 5.94. The summed E-state index contributed by atoms with van der Waals surface area (Å²) < 4.78 is 6.52. The third kappa shape index (κ3) is 3.02. The molecule has 1 aromatic heterocycles. The normalized spacial score (nSPS) is 21.8. The minimum absolute atomic E-state index is 0.101.